The second kappa shape index (κ2) is 7.20. The zero-order chi connectivity index (χ0) is 11.4. The van der Waals surface area contributed by atoms with Crippen LogP contribution in [0.2, 0.25) is 0 Å². The molecule has 2 rings (SSSR count). The van der Waals surface area contributed by atoms with E-state index in [2.05, 4.69) is 40.9 Å². The second-order valence-corrected chi connectivity index (χ2v) is 5.14. The van der Waals surface area contributed by atoms with Crippen molar-refractivity contribution in [2.75, 3.05) is 6.54 Å². The molecule has 1 aliphatic carbocycles. The van der Waals surface area contributed by atoms with Crippen LogP contribution in [0.4, 0.5) is 0 Å². The molecule has 1 aliphatic rings. The van der Waals surface area contributed by atoms with Gasteiger partial charge in [-0.25, -0.2) is 4.99 Å². The third-order valence-corrected chi connectivity index (χ3v) is 3.62. The molecule has 0 bridgehead atoms. The van der Waals surface area contributed by atoms with Gasteiger partial charge in [0, 0.05) is 17.5 Å². The summed E-state index contributed by atoms with van der Waals surface area (Å²) in [7, 11) is 0. The molecule has 1 saturated carbocycles. The second-order valence-electron chi connectivity index (χ2n) is 4.14. The number of guanidine groups is 1. The molecule has 17 heavy (non-hydrogen) atoms. The third-order valence-electron chi connectivity index (χ3n) is 2.61. The summed E-state index contributed by atoms with van der Waals surface area (Å²) in [6.07, 6.45) is 2.56. The Bertz CT molecular complexity index is 372. The monoisotopic (exact) mass is 365 g/mol. The summed E-state index contributed by atoms with van der Waals surface area (Å²) in [6.45, 7) is 5.94. The quantitative estimate of drug-likeness (QED) is 0.489. The van der Waals surface area contributed by atoms with Gasteiger partial charge in [0.05, 0.1) is 6.54 Å². The van der Waals surface area contributed by atoms with Crippen molar-refractivity contribution in [3.8, 4) is 0 Å². The van der Waals surface area contributed by atoms with Crippen molar-refractivity contribution in [1.29, 1.82) is 0 Å². The van der Waals surface area contributed by atoms with E-state index in [0.717, 1.165) is 19.0 Å². The van der Waals surface area contributed by atoms with E-state index in [4.69, 9.17) is 0 Å². The van der Waals surface area contributed by atoms with Crippen molar-refractivity contribution in [3.63, 3.8) is 0 Å². The van der Waals surface area contributed by atoms with Crippen LogP contribution in [0.15, 0.2) is 16.4 Å². The fraction of sp³-hybridized carbons (Fsp3) is 0.583. The molecule has 2 N–H and O–H groups in total. The maximum absolute atomic E-state index is 4.60. The molecule has 96 valence electrons. The average molecular weight is 365 g/mol. The molecule has 1 aromatic rings. The maximum atomic E-state index is 4.60. The van der Waals surface area contributed by atoms with Crippen LogP contribution in [0, 0.1) is 6.92 Å². The Hall–Kier alpha value is -0.300. The lowest BCUT2D eigenvalue weighted by Crippen LogP contribution is -2.38. The summed E-state index contributed by atoms with van der Waals surface area (Å²) in [5.74, 6) is 0.956. The van der Waals surface area contributed by atoms with Gasteiger partial charge in [0.1, 0.15) is 0 Å². The lowest BCUT2D eigenvalue weighted by atomic mass is 10.3. The van der Waals surface area contributed by atoms with E-state index < -0.39 is 0 Å². The number of nitrogens with one attached hydrogen (secondary N) is 2. The van der Waals surface area contributed by atoms with Gasteiger partial charge in [-0.3, -0.25) is 0 Å². The van der Waals surface area contributed by atoms with E-state index in [-0.39, 0.29) is 24.0 Å². The highest BCUT2D eigenvalue weighted by Gasteiger charge is 2.22. The first-order valence-electron chi connectivity index (χ1n) is 5.87. The zero-order valence-electron chi connectivity index (χ0n) is 10.3. The number of hydrogen-bond acceptors (Lipinski definition) is 2. The van der Waals surface area contributed by atoms with Gasteiger partial charge in [0.15, 0.2) is 5.96 Å². The van der Waals surface area contributed by atoms with Gasteiger partial charge in [0.2, 0.25) is 0 Å². The highest BCUT2D eigenvalue weighted by molar-refractivity contribution is 14.0. The number of aryl methyl sites for hydroxylation is 1. The molecule has 0 aliphatic heterocycles. The molecular formula is C12H20IN3S. The van der Waals surface area contributed by atoms with Crippen LogP contribution in [-0.2, 0) is 6.54 Å². The van der Waals surface area contributed by atoms with Gasteiger partial charge < -0.3 is 10.6 Å². The predicted molar refractivity (Wildman–Crippen MR) is 85.4 cm³/mol. The molecule has 5 heteroatoms. The minimum atomic E-state index is 0. The highest BCUT2D eigenvalue weighted by Crippen LogP contribution is 2.19. The summed E-state index contributed by atoms with van der Waals surface area (Å²) in [6, 6.07) is 2.80. The Labute approximate surface area is 124 Å². The molecule has 1 heterocycles. The number of nitrogens with zero attached hydrogens (tertiary/aromatic N) is 1. The molecule has 0 radical (unpaired) electrons. The minimum absolute atomic E-state index is 0. The highest BCUT2D eigenvalue weighted by atomic mass is 127. The van der Waals surface area contributed by atoms with Gasteiger partial charge >= 0.3 is 0 Å². The van der Waals surface area contributed by atoms with Crippen LogP contribution < -0.4 is 10.6 Å². The van der Waals surface area contributed by atoms with Crippen molar-refractivity contribution in [2.24, 2.45) is 4.99 Å². The van der Waals surface area contributed by atoms with E-state index in [1.54, 1.807) is 11.3 Å². The van der Waals surface area contributed by atoms with Crippen LogP contribution in [-0.4, -0.2) is 18.5 Å². The maximum Gasteiger partial charge on any atom is 0.191 e. The Morgan fingerprint density at radius 2 is 2.29 bits per heavy atom. The summed E-state index contributed by atoms with van der Waals surface area (Å²) >= 11 is 1.78. The van der Waals surface area contributed by atoms with Crippen molar-refractivity contribution in [3.05, 3.63) is 21.9 Å². The summed E-state index contributed by atoms with van der Waals surface area (Å²) in [4.78, 5) is 5.96. The van der Waals surface area contributed by atoms with E-state index in [9.17, 15) is 0 Å². The van der Waals surface area contributed by atoms with Gasteiger partial charge in [-0.2, -0.15) is 0 Å². The molecular weight excluding hydrogens is 345 g/mol. The van der Waals surface area contributed by atoms with Crippen LogP contribution in [0.5, 0.6) is 0 Å². The fourth-order valence-corrected chi connectivity index (χ4v) is 2.29. The first-order chi connectivity index (χ1) is 7.79. The molecule has 0 atom stereocenters. The molecule has 0 amide bonds. The third kappa shape index (κ3) is 4.83. The minimum Gasteiger partial charge on any atom is -0.357 e. The smallest absolute Gasteiger partial charge is 0.191 e. The van der Waals surface area contributed by atoms with Crippen molar-refractivity contribution < 1.29 is 0 Å². The van der Waals surface area contributed by atoms with Crippen LogP contribution in [0.3, 0.4) is 0 Å². The summed E-state index contributed by atoms with van der Waals surface area (Å²) in [5.41, 5.74) is 1.34. The average Bonchev–Trinajstić information content (AvgIpc) is 2.98. The standard InChI is InChI=1S/C12H19N3S.HI/c1-3-13-12(15-10-4-5-10)14-8-11-9(2)6-7-16-11;/h6-7,10H,3-5,8H2,1-2H3,(H2,13,14,15);1H. The largest absolute Gasteiger partial charge is 0.357 e. The van der Waals surface area contributed by atoms with Gasteiger partial charge in [0.25, 0.3) is 0 Å². The molecule has 3 nitrogen and oxygen atoms in total. The fourth-order valence-electron chi connectivity index (χ4n) is 1.46. The first-order valence-corrected chi connectivity index (χ1v) is 6.75. The molecule has 0 spiro atoms. The van der Waals surface area contributed by atoms with Crippen molar-refractivity contribution >= 4 is 41.3 Å². The van der Waals surface area contributed by atoms with Gasteiger partial charge in [-0.15, -0.1) is 35.3 Å². The predicted octanol–water partition coefficient (Wildman–Crippen LogP) is 2.89. The molecule has 1 fully saturated rings. The molecule has 0 unspecified atom stereocenters. The van der Waals surface area contributed by atoms with Crippen LogP contribution in [0.25, 0.3) is 0 Å². The number of hydrogen-bond donors (Lipinski definition) is 2. The Morgan fingerprint density at radius 3 is 2.82 bits per heavy atom. The summed E-state index contributed by atoms with van der Waals surface area (Å²) < 4.78 is 0. The first kappa shape index (κ1) is 14.8. The number of rotatable bonds is 4. The topological polar surface area (TPSA) is 36.4 Å². The van der Waals surface area contributed by atoms with E-state index in [1.165, 1.54) is 23.3 Å². The lowest BCUT2D eigenvalue weighted by molar-refractivity contribution is 0.813. The van der Waals surface area contributed by atoms with E-state index in [0.29, 0.717) is 6.04 Å². The van der Waals surface area contributed by atoms with E-state index in [1.807, 2.05) is 0 Å². The number of halogens is 1. The zero-order valence-corrected chi connectivity index (χ0v) is 13.5. The molecule has 0 aromatic carbocycles. The van der Waals surface area contributed by atoms with Gasteiger partial charge in [-0.05, 0) is 43.7 Å². The summed E-state index contributed by atoms with van der Waals surface area (Å²) in [5, 5.41) is 8.82. The van der Waals surface area contributed by atoms with Crippen molar-refractivity contribution in [1.82, 2.24) is 10.6 Å². The lowest BCUT2D eigenvalue weighted by Gasteiger charge is -2.09. The normalized spacial score (nSPS) is 15.3. The molecule has 0 saturated heterocycles. The Kier molecular flexibility index (Phi) is 6.26. The van der Waals surface area contributed by atoms with E-state index >= 15 is 0 Å². The molecule has 1 aromatic heterocycles. The Morgan fingerprint density at radius 1 is 1.53 bits per heavy atom. The van der Waals surface area contributed by atoms with Gasteiger partial charge in [-0.1, -0.05) is 0 Å². The van der Waals surface area contributed by atoms with Crippen molar-refractivity contribution in [2.45, 2.75) is 39.3 Å². The Balaban J connectivity index is 0.00000144. The van der Waals surface area contributed by atoms with Crippen LogP contribution in [0.1, 0.15) is 30.2 Å². The van der Waals surface area contributed by atoms with Crippen LogP contribution >= 0.6 is 35.3 Å². The number of thiophene rings is 1. The number of aliphatic imine (C=N–C) groups is 1. The SMILES string of the molecule is CCNC(=NCc1sccc1C)NC1CC1.I.